The van der Waals surface area contributed by atoms with Gasteiger partial charge in [-0.25, -0.2) is 4.98 Å². The molecule has 32 heavy (non-hydrogen) atoms. The van der Waals surface area contributed by atoms with Crippen LogP contribution in [0.4, 0.5) is 10.9 Å². The average molecular weight is 468 g/mol. The van der Waals surface area contributed by atoms with Gasteiger partial charge in [0.05, 0.1) is 0 Å². The quantitative estimate of drug-likeness (QED) is 0.129. The van der Waals surface area contributed by atoms with Gasteiger partial charge in [-0.1, -0.05) is 95.9 Å². The van der Waals surface area contributed by atoms with E-state index in [1.165, 1.54) is 16.9 Å². The van der Waals surface area contributed by atoms with Crippen LogP contribution in [0.3, 0.4) is 0 Å². The number of carboxylic acid groups (broad SMARTS) is 1. The van der Waals surface area contributed by atoms with E-state index >= 15 is 0 Å². The molecule has 0 saturated carbocycles. The zero-order valence-electron chi connectivity index (χ0n) is 21.7. The SMILES string of the molecule is C=C(C)C.C=C/C=C(\C=C/C)C(=O)c1sc(NC(=C)C)nc1N.CC.CC.CC.O=CO. The molecular formula is C25H45N3O3S. The Hall–Kier alpha value is -2.93. The normalized spacial score (nSPS) is 8.62. The summed E-state index contributed by atoms with van der Waals surface area (Å²) in [5.41, 5.74) is 8.21. The molecular weight excluding hydrogens is 422 g/mol. The summed E-state index contributed by atoms with van der Waals surface area (Å²) >= 11 is 1.21. The zero-order chi connectivity index (χ0) is 26.7. The van der Waals surface area contributed by atoms with Gasteiger partial charge in [-0.15, -0.1) is 6.58 Å². The Morgan fingerprint density at radius 1 is 1.09 bits per heavy atom. The molecule has 0 aromatic carbocycles. The molecule has 0 fully saturated rings. The van der Waals surface area contributed by atoms with Crippen LogP contribution in [0.15, 0.2) is 60.9 Å². The van der Waals surface area contributed by atoms with Gasteiger partial charge >= 0.3 is 0 Å². The van der Waals surface area contributed by atoms with E-state index in [-0.39, 0.29) is 18.1 Å². The summed E-state index contributed by atoms with van der Waals surface area (Å²) in [5.74, 6) is 0.0565. The highest BCUT2D eigenvalue weighted by molar-refractivity contribution is 7.18. The average Bonchev–Trinajstić information content (AvgIpc) is 3.11. The molecule has 0 atom stereocenters. The largest absolute Gasteiger partial charge is 0.483 e. The number of allylic oxidation sites excluding steroid dienone is 7. The summed E-state index contributed by atoms with van der Waals surface area (Å²) in [4.78, 5) is 25.2. The minimum Gasteiger partial charge on any atom is -0.483 e. The van der Waals surface area contributed by atoms with E-state index < -0.39 is 0 Å². The van der Waals surface area contributed by atoms with Crippen molar-refractivity contribution in [2.75, 3.05) is 11.1 Å². The fraction of sp³-hybridized carbons (Fsp3) is 0.400. The Kier molecular flexibility index (Phi) is 37.4. The standard InChI is InChI=1S/C14H17N3OS.C4H8.3C2H6.CH2O2/c1-5-7-10(8-6-2)11(18)12-13(15)17-14(19-12)16-9(3)4;1-4(2)3;3*1-2;2-1-3/h5-8H,1,3,15H2,2,4H3,(H,16,17);1H2,2-3H3;3*1-2H3;1H,(H,2,3)/b8-6-,10-7+;;;;;. The number of carbonyl (C=O) groups is 2. The highest BCUT2D eigenvalue weighted by Crippen LogP contribution is 2.28. The Labute approximate surface area is 200 Å². The Bertz CT molecular complexity index is 699. The van der Waals surface area contributed by atoms with E-state index in [1.807, 2.05) is 69.2 Å². The molecule has 0 radical (unpaired) electrons. The lowest BCUT2D eigenvalue weighted by Gasteiger charge is -1.99. The predicted octanol–water partition coefficient (Wildman–Crippen LogP) is 7.90. The van der Waals surface area contributed by atoms with E-state index in [1.54, 1.807) is 24.3 Å². The van der Waals surface area contributed by atoms with Crippen LogP contribution in [-0.4, -0.2) is 22.3 Å². The van der Waals surface area contributed by atoms with Gasteiger partial charge in [-0.3, -0.25) is 9.59 Å². The predicted molar refractivity (Wildman–Crippen MR) is 146 cm³/mol. The molecule has 6 nitrogen and oxygen atoms in total. The highest BCUT2D eigenvalue weighted by atomic mass is 32.1. The minimum absolute atomic E-state index is 0.164. The van der Waals surface area contributed by atoms with Gasteiger partial charge in [0.1, 0.15) is 10.7 Å². The van der Waals surface area contributed by atoms with Crippen molar-refractivity contribution in [3.63, 3.8) is 0 Å². The number of hydrogen-bond donors (Lipinski definition) is 3. The van der Waals surface area contributed by atoms with Crippen molar-refractivity contribution in [2.45, 2.75) is 69.2 Å². The van der Waals surface area contributed by atoms with Crippen LogP contribution in [-0.2, 0) is 4.79 Å². The fourth-order valence-corrected chi connectivity index (χ4v) is 2.30. The first-order valence-corrected chi connectivity index (χ1v) is 11.3. The molecule has 1 aromatic heterocycles. The maximum absolute atomic E-state index is 12.3. The number of nitrogens with one attached hydrogen (secondary N) is 1. The van der Waals surface area contributed by atoms with Gasteiger partial charge in [-0.2, -0.15) is 0 Å². The molecule has 0 amide bonds. The maximum atomic E-state index is 12.3. The third kappa shape index (κ3) is 25.1. The summed E-state index contributed by atoms with van der Waals surface area (Å²) < 4.78 is 0. The molecule has 7 heteroatoms. The first-order chi connectivity index (χ1) is 15.1. The van der Waals surface area contributed by atoms with Crippen LogP contribution < -0.4 is 11.1 Å². The summed E-state index contributed by atoms with van der Waals surface area (Å²) in [5, 5.41) is 10.4. The van der Waals surface area contributed by atoms with Gasteiger partial charge in [-0.05, 0) is 27.7 Å². The van der Waals surface area contributed by atoms with Crippen LogP contribution in [0.1, 0.15) is 78.9 Å². The van der Waals surface area contributed by atoms with Crippen LogP contribution >= 0.6 is 11.3 Å². The molecule has 0 bridgehead atoms. The number of ketones is 1. The molecule has 0 saturated heterocycles. The second-order valence-corrected chi connectivity index (χ2v) is 6.14. The monoisotopic (exact) mass is 467 g/mol. The summed E-state index contributed by atoms with van der Waals surface area (Å²) in [7, 11) is 0. The number of thiazole rings is 1. The Balaban J connectivity index is -0.000000156. The van der Waals surface area contributed by atoms with Crippen molar-refractivity contribution < 1.29 is 14.7 Å². The number of nitrogens with zero attached hydrogens (tertiary/aromatic N) is 1. The first kappa shape index (κ1) is 39.5. The number of nitrogens with two attached hydrogens (primary N) is 1. The summed E-state index contributed by atoms with van der Waals surface area (Å²) in [6.07, 6.45) is 6.72. The summed E-state index contributed by atoms with van der Waals surface area (Å²) in [6, 6.07) is 0. The van der Waals surface area contributed by atoms with Crippen LogP contribution in [0.25, 0.3) is 0 Å². The Morgan fingerprint density at radius 3 is 1.81 bits per heavy atom. The van der Waals surface area contributed by atoms with Gasteiger partial charge in [0.2, 0.25) is 5.78 Å². The third-order valence-corrected chi connectivity index (χ3v) is 3.07. The summed E-state index contributed by atoms with van der Waals surface area (Å²) in [6.45, 7) is 30.2. The maximum Gasteiger partial charge on any atom is 0.290 e. The molecule has 0 unspecified atom stereocenters. The molecule has 4 N–H and O–H groups in total. The van der Waals surface area contributed by atoms with Crippen molar-refractivity contribution >= 4 is 34.5 Å². The number of carbonyl (C=O) groups excluding carboxylic acids is 1. The third-order valence-electron chi connectivity index (χ3n) is 2.09. The van der Waals surface area contributed by atoms with Crippen molar-refractivity contribution in [1.82, 2.24) is 4.98 Å². The Morgan fingerprint density at radius 2 is 1.50 bits per heavy atom. The lowest BCUT2D eigenvalue weighted by atomic mass is 10.1. The molecule has 0 aliphatic heterocycles. The lowest BCUT2D eigenvalue weighted by molar-refractivity contribution is -0.122. The molecule has 0 aliphatic carbocycles. The number of Topliss-reactive ketones (excluding diaryl/α,β-unsaturated/α-hetero) is 1. The molecule has 1 aromatic rings. The number of hydrogen-bond acceptors (Lipinski definition) is 6. The minimum atomic E-state index is -0.250. The second kappa shape index (κ2) is 30.3. The van der Waals surface area contributed by atoms with E-state index in [2.05, 4.69) is 30.0 Å². The highest BCUT2D eigenvalue weighted by Gasteiger charge is 2.18. The molecule has 184 valence electrons. The van der Waals surface area contributed by atoms with Gasteiger partial charge in [0.15, 0.2) is 5.13 Å². The first-order valence-electron chi connectivity index (χ1n) is 10.5. The van der Waals surface area contributed by atoms with Crippen LogP contribution in [0, 0.1) is 0 Å². The van der Waals surface area contributed by atoms with Crippen LogP contribution in [0.5, 0.6) is 0 Å². The number of nitrogen functional groups attached to an aromatic ring is 1. The van der Waals surface area contributed by atoms with Crippen molar-refractivity contribution in [3.8, 4) is 0 Å². The smallest absolute Gasteiger partial charge is 0.290 e. The van der Waals surface area contributed by atoms with Crippen molar-refractivity contribution in [1.29, 1.82) is 0 Å². The van der Waals surface area contributed by atoms with Gasteiger partial charge in [0, 0.05) is 11.3 Å². The molecule has 1 heterocycles. The molecule has 1 rings (SSSR count). The van der Waals surface area contributed by atoms with E-state index in [9.17, 15) is 4.79 Å². The topological polar surface area (TPSA) is 105 Å². The number of rotatable bonds is 6. The molecule has 0 spiro atoms. The van der Waals surface area contributed by atoms with E-state index in [0.717, 1.165) is 5.70 Å². The number of anilines is 2. The second-order valence-electron chi connectivity index (χ2n) is 5.14. The van der Waals surface area contributed by atoms with Crippen LogP contribution in [0.2, 0.25) is 0 Å². The van der Waals surface area contributed by atoms with E-state index in [0.29, 0.717) is 15.6 Å². The van der Waals surface area contributed by atoms with E-state index in [4.69, 9.17) is 15.6 Å². The molecule has 0 aliphatic rings. The fourth-order valence-electron chi connectivity index (χ4n) is 1.38. The van der Waals surface area contributed by atoms with Gasteiger partial charge < -0.3 is 16.2 Å². The van der Waals surface area contributed by atoms with Crippen molar-refractivity contribution in [2.24, 2.45) is 0 Å². The lowest BCUT2D eigenvalue weighted by Crippen LogP contribution is -2.02. The zero-order valence-corrected chi connectivity index (χ0v) is 22.5. The number of aromatic nitrogens is 1. The van der Waals surface area contributed by atoms with Crippen molar-refractivity contribution in [3.05, 3.63) is 65.8 Å². The van der Waals surface area contributed by atoms with Gasteiger partial charge in [0.25, 0.3) is 6.47 Å².